The Labute approximate surface area is 120 Å². The first-order valence-corrected chi connectivity index (χ1v) is 7.78. The predicted octanol–water partition coefficient (Wildman–Crippen LogP) is 1.99. The molecule has 0 aliphatic carbocycles. The van der Waals surface area contributed by atoms with Crippen LogP contribution in [-0.2, 0) is 9.05 Å². The summed E-state index contributed by atoms with van der Waals surface area (Å²) in [7, 11) is 2.83. The summed E-state index contributed by atoms with van der Waals surface area (Å²) >= 11 is 0. The number of methoxy groups -OCH3 is 1. The lowest BCUT2D eigenvalue weighted by molar-refractivity contribution is 0.414. The van der Waals surface area contributed by atoms with E-state index in [4.69, 9.17) is 20.7 Å². The first kappa shape index (κ1) is 14.4. The second-order valence-electron chi connectivity index (χ2n) is 3.93. The van der Waals surface area contributed by atoms with Crippen LogP contribution in [0.1, 0.15) is 11.3 Å². The highest BCUT2D eigenvalue weighted by atomic mass is 35.7. The van der Waals surface area contributed by atoms with Crippen molar-refractivity contribution in [3.05, 3.63) is 35.5 Å². The molecule has 0 fully saturated rings. The van der Waals surface area contributed by atoms with Crippen LogP contribution in [0.2, 0.25) is 0 Å². The van der Waals surface area contributed by atoms with Crippen molar-refractivity contribution < 1.29 is 13.2 Å². The van der Waals surface area contributed by atoms with Gasteiger partial charge in [-0.1, -0.05) is 0 Å². The van der Waals surface area contributed by atoms with Crippen molar-refractivity contribution in [2.75, 3.05) is 7.11 Å². The minimum atomic E-state index is -4.10. The average molecular weight is 312 g/mol. The van der Waals surface area contributed by atoms with Gasteiger partial charge in [-0.3, -0.25) is 0 Å². The van der Waals surface area contributed by atoms with Crippen molar-refractivity contribution in [3.63, 3.8) is 0 Å². The maximum Gasteiger partial charge on any atom is 0.280 e. The first-order chi connectivity index (χ1) is 9.38. The molecule has 0 bridgehead atoms. The van der Waals surface area contributed by atoms with Gasteiger partial charge in [0.1, 0.15) is 17.4 Å². The topological polar surface area (TPSA) is 85.0 Å². The second kappa shape index (κ2) is 5.15. The Morgan fingerprint density at radius 2 is 1.95 bits per heavy atom. The lowest BCUT2D eigenvalue weighted by Crippen LogP contribution is -2.05. The van der Waals surface area contributed by atoms with E-state index in [-0.39, 0.29) is 10.6 Å². The number of halogens is 1. The van der Waals surface area contributed by atoms with Crippen molar-refractivity contribution >= 4 is 19.7 Å². The number of ether oxygens (including phenoxy) is 1. The fourth-order valence-electron chi connectivity index (χ4n) is 1.76. The molecule has 0 N–H and O–H groups in total. The van der Waals surface area contributed by atoms with Gasteiger partial charge in [0.15, 0.2) is 5.03 Å². The molecule has 6 nitrogen and oxygen atoms in total. The number of aromatic nitrogens is 2. The molecule has 0 atom stereocenters. The lowest BCUT2D eigenvalue weighted by Gasteiger charge is -2.06. The zero-order valence-corrected chi connectivity index (χ0v) is 12.2. The summed E-state index contributed by atoms with van der Waals surface area (Å²) in [5, 5.41) is 12.8. The van der Waals surface area contributed by atoms with Gasteiger partial charge in [0.25, 0.3) is 9.05 Å². The van der Waals surface area contributed by atoms with E-state index < -0.39 is 9.05 Å². The van der Waals surface area contributed by atoms with Crippen molar-refractivity contribution in [2.45, 2.75) is 11.9 Å². The number of nitrogens with zero attached hydrogens (tertiary/aromatic N) is 3. The van der Waals surface area contributed by atoms with E-state index in [1.807, 2.05) is 6.07 Å². The molecule has 0 amide bonds. The Morgan fingerprint density at radius 3 is 2.40 bits per heavy atom. The minimum absolute atomic E-state index is 0.0594. The highest BCUT2D eigenvalue weighted by Crippen LogP contribution is 2.26. The molecule has 0 aliphatic rings. The third-order valence-corrected chi connectivity index (χ3v) is 3.96. The van der Waals surface area contributed by atoms with E-state index in [0.29, 0.717) is 17.1 Å². The number of hydrogen-bond donors (Lipinski definition) is 0. The van der Waals surface area contributed by atoms with Gasteiger partial charge in [-0.2, -0.15) is 10.4 Å². The molecular formula is C12H10ClN3O3S. The summed E-state index contributed by atoms with van der Waals surface area (Å²) in [5.74, 6) is 0.619. The number of nitriles is 1. The van der Waals surface area contributed by atoms with Crippen LogP contribution >= 0.6 is 10.7 Å². The summed E-state index contributed by atoms with van der Waals surface area (Å²) in [4.78, 5) is 0. The Morgan fingerprint density at radius 1 is 1.35 bits per heavy atom. The second-order valence-corrected chi connectivity index (χ2v) is 6.41. The molecule has 0 saturated carbocycles. The van der Waals surface area contributed by atoms with Crippen LogP contribution in [0.3, 0.4) is 0 Å². The molecule has 2 rings (SSSR count). The van der Waals surface area contributed by atoms with Gasteiger partial charge in [-0.15, -0.1) is 0 Å². The standard InChI is InChI=1S/C12H10ClN3O3S/c1-8-11(7-14)12(20(13,17)18)16(15-8)9-3-5-10(19-2)6-4-9/h3-6H,1-2H3. The van der Waals surface area contributed by atoms with Crippen molar-refractivity contribution in [1.29, 1.82) is 5.26 Å². The quantitative estimate of drug-likeness (QED) is 0.809. The molecule has 0 aliphatic heterocycles. The molecule has 0 radical (unpaired) electrons. The van der Waals surface area contributed by atoms with E-state index in [1.54, 1.807) is 31.2 Å². The molecule has 1 heterocycles. The number of hydrogen-bond acceptors (Lipinski definition) is 5. The van der Waals surface area contributed by atoms with Crippen LogP contribution in [0.15, 0.2) is 29.3 Å². The third kappa shape index (κ3) is 2.48. The number of rotatable bonds is 3. The Balaban J connectivity index is 2.71. The fourth-order valence-corrected chi connectivity index (χ4v) is 2.98. The minimum Gasteiger partial charge on any atom is -0.497 e. The van der Waals surface area contributed by atoms with Crippen LogP contribution in [0.25, 0.3) is 5.69 Å². The van der Waals surface area contributed by atoms with E-state index in [9.17, 15) is 8.42 Å². The zero-order valence-electron chi connectivity index (χ0n) is 10.7. The van der Waals surface area contributed by atoms with Crippen LogP contribution in [0.4, 0.5) is 0 Å². The summed E-state index contributed by atoms with van der Waals surface area (Å²) in [6.07, 6.45) is 0. The van der Waals surface area contributed by atoms with E-state index in [0.717, 1.165) is 4.68 Å². The molecule has 0 saturated heterocycles. The number of aryl methyl sites for hydroxylation is 1. The van der Waals surface area contributed by atoms with E-state index >= 15 is 0 Å². The lowest BCUT2D eigenvalue weighted by atomic mass is 10.3. The molecule has 1 aromatic carbocycles. The van der Waals surface area contributed by atoms with E-state index in [2.05, 4.69) is 5.10 Å². The van der Waals surface area contributed by atoms with Crippen molar-refractivity contribution in [3.8, 4) is 17.5 Å². The maximum atomic E-state index is 11.7. The number of benzene rings is 1. The van der Waals surface area contributed by atoms with Crippen LogP contribution in [0.5, 0.6) is 5.75 Å². The summed E-state index contributed by atoms with van der Waals surface area (Å²) in [5.41, 5.74) is 0.702. The monoisotopic (exact) mass is 311 g/mol. The van der Waals surface area contributed by atoms with Gasteiger partial charge in [-0.25, -0.2) is 13.1 Å². The third-order valence-electron chi connectivity index (χ3n) is 2.68. The van der Waals surface area contributed by atoms with Gasteiger partial charge in [0.05, 0.1) is 18.5 Å². The predicted molar refractivity (Wildman–Crippen MR) is 72.6 cm³/mol. The van der Waals surface area contributed by atoms with E-state index in [1.165, 1.54) is 7.11 Å². The molecule has 20 heavy (non-hydrogen) atoms. The summed E-state index contributed by atoms with van der Waals surface area (Å²) in [6.45, 7) is 1.55. The van der Waals surface area contributed by atoms with Gasteiger partial charge >= 0.3 is 0 Å². The Kier molecular flexibility index (Phi) is 3.70. The molecule has 2 aromatic rings. The van der Waals surface area contributed by atoms with Gasteiger partial charge < -0.3 is 4.74 Å². The smallest absolute Gasteiger partial charge is 0.280 e. The molecule has 104 valence electrons. The highest BCUT2D eigenvalue weighted by molar-refractivity contribution is 8.13. The Hall–Kier alpha value is -2.04. The highest BCUT2D eigenvalue weighted by Gasteiger charge is 2.26. The maximum absolute atomic E-state index is 11.7. The SMILES string of the molecule is COc1ccc(-n2nc(C)c(C#N)c2S(=O)(=O)Cl)cc1. The van der Waals surface area contributed by atoms with Crippen molar-refractivity contribution in [1.82, 2.24) is 9.78 Å². The van der Waals surface area contributed by atoms with Gasteiger partial charge in [0, 0.05) is 10.7 Å². The Bertz CT molecular complexity index is 789. The summed E-state index contributed by atoms with van der Waals surface area (Å²) in [6, 6.07) is 8.37. The first-order valence-electron chi connectivity index (χ1n) is 5.47. The fraction of sp³-hybridized carbons (Fsp3) is 0.167. The molecule has 0 spiro atoms. The molecular weight excluding hydrogens is 302 g/mol. The van der Waals surface area contributed by atoms with Crippen LogP contribution in [-0.4, -0.2) is 25.3 Å². The average Bonchev–Trinajstić information content (AvgIpc) is 2.75. The molecule has 1 aromatic heterocycles. The zero-order chi connectivity index (χ0) is 14.9. The van der Waals surface area contributed by atoms with Crippen molar-refractivity contribution in [2.24, 2.45) is 0 Å². The molecule has 0 unspecified atom stereocenters. The largest absolute Gasteiger partial charge is 0.497 e. The van der Waals surface area contributed by atoms with Gasteiger partial charge in [0.2, 0.25) is 0 Å². The van der Waals surface area contributed by atoms with Gasteiger partial charge in [-0.05, 0) is 31.2 Å². The van der Waals surface area contributed by atoms with Crippen LogP contribution < -0.4 is 4.74 Å². The molecule has 8 heteroatoms. The van der Waals surface area contributed by atoms with Crippen LogP contribution in [0, 0.1) is 18.3 Å². The summed E-state index contributed by atoms with van der Waals surface area (Å²) < 4.78 is 29.5. The normalized spacial score (nSPS) is 11.1.